The number of methoxy groups -OCH3 is 1. The van der Waals surface area contributed by atoms with Crippen LogP contribution in [0, 0.1) is 6.92 Å². The molecule has 4 rings (SSSR count). The number of nitrogens with one attached hydrogen (secondary N) is 2. The number of nitrogens with zero attached hydrogens (tertiary/aromatic N) is 5. The molecular formula is C21H25BrClN7O4S. The standard InChI is InChI=1S/C21H25BrClN7O4S/c1-5-34-20(32)17-16(18-24-9-25-29(18)3)28-21(35-17)30-7-6-11(12(8-30)33-4)27-19(31)15-13(22)14(23)10(2)26-15/h9,11-12,26H,5-8H2,1-4H3,(H,27,31). The molecule has 11 nitrogen and oxygen atoms in total. The highest BCUT2D eigenvalue weighted by molar-refractivity contribution is 9.10. The molecule has 0 radical (unpaired) electrons. The quantitative estimate of drug-likeness (QED) is 0.404. The van der Waals surface area contributed by atoms with Gasteiger partial charge in [-0.05, 0) is 36.2 Å². The van der Waals surface area contributed by atoms with Crippen molar-refractivity contribution in [2.75, 3.05) is 31.7 Å². The Hall–Kier alpha value is -2.48. The van der Waals surface area contributed by atoms with Gasteiger partial charge in [-0.1, -0.05) is 22.9 Å². The summed E-state index contributed by atoms with van der Waals surface area (Å²) in [7, 11) is 3.35. The van der Waals surface area contributed by atoms with Gasteiger partial charge in [0.1, 0.15) is 22.6 Å². The molecule has 3 aromatic rings. The molecular weight excluding hydrogens is 562 g/mol. The van der Waals surface area contributed by atoms with Crippen molar-refractivity contribution in [1.82, 2.24) is 30.0 Å². The molecule has 0 saturated carbocycles. The lowest BCUT2D eigenvalue weighted by molar-refractivity contribution is 0.0531. The maximum atomic E-state index is 12.9. The van der Waals surface area contributed by atoms with E-state index in [2.05, 4.69) is 36.3 Å². The second-order valence-electron chi connectivity index (χ2n) is 7.94. The van der Waals surface area contributed by atoms with E-state index in [1.54, 1.807) is 32.7 Å². The van der Waals surface area contributed by atoms with E-state index in [0.717, 1.165) is 0 Å². The van der Waals surface area contributed by atoms with Crippen LogP contribution >= 0.6 is 38.9 Å². The van der Waals surface area contributed by atoms with Gasteiger partial charge in [-0.2, -0.15) is 5.10 Å². The zero-order valence-corrected chi connectivity index (χ0v) is 22.8. The lowest BCUT2D eigenvalue weighted by Gasteiger charge is -2.37. The Morgan fingerprint density at radius 3 is 2.80 bits per heavy atom. The highest BCUT2D eigenvalue weighted by Crippen LogP contribution is 2.35. The van der Waals surface area contributed by atoms with Crippen LogP contribution in [-0.2, 0) is 16.5 Å². The molecule has 1 fully saturated rings. The molecule has 0 aromatic carbocycles. The summed E-state index contributed by atoms with van der Waals surface area (Å²) in [6.45, 7) is 4.88. The maximum Gasteiger partial charge on any atom is 0.350 e. The Morgan fingerprint density at radius 1 is 1.43 bits per heavy atom. The number of rotatable bonds is 7. The normalized spacial score (nSPS) is 18.1. The van der Waals surface area contributed by atoms with Crippen LogP contribution in [0.3, 0.4) is 0 Å². The van der Waals surface area contributed by atoms with Gasteiger partial charge < -0.3 is 24.7 Å². The second-order valence-corrected chi connectivity index (χ2v) is 10.1. The van der Waals surface area contributed by atoms with Gasteiger partial charge >= 0.3 is 5.97 Å². The fourth-order valence-electron chi connectivity index (χ4n) is 3.90. The van der Waals surface area contributed by atoms with Crippen molar-refractivity contribution in [3.05, 3.63) is 32.1 Å². The predicted octanol–water partition coefficient (Wildman–Crippen LogP) is 3.19. The average Bonchev–Trinajstić information content (AvgIpc) is 3.53. The molecule has 3 aromatic heterocycles. The van der Waals surface area contributed by atoms with Crippen LogP contribution in [0.1, 0.15) is 39.2 Å². The Balaban J connectivity index is 1.54. The largest absolute Gasteiger partial charge is 0.462 e. The molecule has 188 valence electrons. The van der Waals surface area contributed by atoms with Crippen molar-refractivity contribution >= 4 is 55.9 Å². The van der Waals surface area contributed by atoms with E-state index in [4.69, 9.17) is 26.1 Å². The molecule has 2 atom stereocenters. The Morgan fingerprint density at radius 2 is 2.20 bits per heavy atom. The van der Waals surface area contributed by atoms with Gasteiger partial charge in [0, 0.05) is 32.9 Å². The topological polar surface area (TPSA) is 127 Å². The average molecular weight is 587 g/mol. The third kappa shape index (κ3) is 5.08. The van der Waals surface area contributed by atoms with E-state index in [9.17, 15) is 9.59 Å². The minimum absolute atomic E-state index is 0.222. The summed E-state index contributed by atoms with van der Waals surface area (Å²) in [4.78, 5) is 39.9. The third-order valence-corrected chi connectivity index (χ3v) is 8.32. The van der Waals surface area contributed by atoms with Crippen molar-refractivity contribution in [2.45, 2.75) is 32.4 Å². The number of aryl methyl sites for hydroxylation is 2. The predicted molar refractivity (Wildman–Crippen MR) is 135 cm³/mol. The Labute approximate surface area is 219 Å². The molecule has 2 unspecified atom stereocenters. The number of aromatic amines is 1. The number of H-pyrrole nitrogens is 1. The fraction of sp³-hybridized carbons (Fsp3) is 0.476. The number of anilines is 1. The van der Waals surface area contributed by atoms with Crippen LogP contribution in [0.15, 0.2) is 10.8 Å². The highest BCUT2D eigenvalue weighted by atomic mass is 79.9. The minimum Gasteiger partial charge on any atom is -0.462 e. The Bertz CT molecular complexity index is 1240. The minimum atomic E-state index is -0.454. The van der Waals surface area contributed by atoms with Gasteiger partial charge in [-0.3, -0.25) is 4.79 Å². The van der Waals surface area contributed by atoms with Crippen LogP contribution in [0.2, 0.25) is 5.02 Å². The number of thiazole rings is 1. The highest BCUT2D eigenvalue weighted by Gasteiger charge is 2.34. The van der Waals surface area contributed by atoms with Crippen molar-refractivity contribution in [2.24, 2.45) is 7.05 Å². The van der Waals surface area contributed by atoms with Gasteiger partial charge in [-0.15, -0.1) is 0 Å². The van der Waals surface area contributed by atoms with Gasteiger partial charge in [0.05, 0.1) is 28.2 Å². The molecule has 0 bridgehead atoms. The number of carbonyl (C=O) groups is 2. The van der Waals surface area contributed by atoms with Crippen LogP contribution in [0.5, 0.6) is 0 Å². The summed E-state index contributed by atoms with van der Waals surface area (Å²) < 4.78 is 13.1. The summed E-state index contributed by atoms with van der Waals surface area (Å²) >= 11 is 10.8. The third-order valence-electron chi connectivity index (χ3n) is 5.73. The van der Waals surface area contributed by atoms with Crippen molar-refractivity contribution < 1.29 is 19.1 Å². The number of esters is 1. The lowest BCUT2D eigenvalue weighted by atomic mass is 10.0. The van der Waals surface area contributed by atoms with Crippen molar-refractivity contribution in [1.29, 1.82) is 0 Å². The van der Waals surface area contributed by atoms with Crippen LogP contribution in [0.4, 0.5) is 5.13 Å². The molecule has 14 heteroatoms. The van der Waals surface area contributed by atoms with Gasteiger partial charge in [0.15, 0.2) is 11.0 Å². The number of aromatic nitrogens is 5. The lowest BCUT2D eigenvalue weighted by Crippen LogP contribution is -2.55. The van der Waals surface area contributed by atoms with E-state index in [1.807, 2.05) is 4.90 Å². The number of piperidine rings is 1. The first-order valence-electron chi connectivity index (χ1n) is 10.9. The monoisotopic (exact) mass is 585 g/mol. The molecule has 1 aliphatic rings. The molecule has 4 heterocycles. The van der Waals surface area contributed by atoms with Gasteiger partial charge in [0.25, 0.3) is 5.91 Å². The molecule has 1 aliphatic heterocycles. The number of hydrogen-bond donors (Lipinski definition) is 2. The second kappa shape index (κ2) is 10.6. The summed E-state index contributed by atoms with van der Waals surface area (Å²) in [6, 6.07) is -0.222. The maximum absolute atomic E-state index is 12.9. The molecule has 1 saturated heterocycles. The smallest absolute Gasteiger partial charge is 0.350 e. The van der Waals surface area contributed by atoms with Crippen molar-refractivity contribution in [3.8, 4) is 11.5 Å². The molecule has 1 amide bonds. The van der Waals surface area contributed by atoms with Crippen LogP contribution < -0.4 is 10.2 Å². The van der Waals surface area contributed by atoms with Crippen LogP contribution in [-0.4, -0.2) is 75.6 Å². The number of hydrogen-bond acceptors (Lipinski definition) is 9. The van der Waals surface area contributed by atoms with Crippen LogP contribution in [0.25, 0.3) is 11.5 Å². The summed E-state index contributed by atoms with van der Waals surface area (Å²) in [5, 5.41) is 8.27. The molecule has 2 N–H and O–H groups in total. The van der Waals surface area contributed by atoms with Gasteiger partial charge in [0.2, 0.25) is 0 Å². The zero-order chi connectivity index (χ0) is 25.3. The number of halogens is 2. The van der Waals surface area contributed by atoms with E-state index in [1.165, 1.54) is 17.7 Å². The summed E-state index contributed by atoms with van der Waals surface area (Å²) in [5.41, 5.74) is 1.51. The van der Waals surface area contributed by atoms with Gasteiger partial charge in [-0.25, -0.2) is 19.4 Å². The first-order chi connectivity index (χ1) is 16.7. The molecule has 0 spiro atoms. The fourth-order valence-corrected chi connectivity index (χ4v) is 5.61. The Kier molecular flexibility index (Phi) is 7.79. The first kappa shape index (κ1) is 25.6. The number of carbonyl (C=O) groups excluding carboxylic acids is 2. The number of amides is 1. The van der Waals surface area contributed by atoms with E-state index < -0.39 is 5.97 Å². The first-order valence-corrected chi connectivity index (χ1v) is 12.9. The zero-order valence-electron chi connectivity index (χ0n) is 19.6. The SMILES string of the molecule is CCOC(=O)c1sc(N2CCC(NC(=O)c3[nH]c(C)c(Cl)c3Br)C(OC)C2)nc1-c1ncnn1C. The number of ether oxygens (including phenoxy) is 2. The van der Waals surface area contributed by atoms with Crippen molar-refractivity contribution in [3.63, 3.8) is 0 Å². The molecule has 35 heavy (non-hydrogen) atoms. The summed E-state index contributed by atoms with van der Waals surface area (Å²) in [6.07, 6.45) is 1.73. The summed E-state index contributed by atoms with van der Waals surface area (Å²) in [5.74, 6) is -0.243. The molecule has 0 aliphatic carbocycles. The van der Waals surface area contributed by atoms with E-state index >= 15 is 0 Å². The van der Waals surface area contributed by atoms with E-state index in [0.29, 0.717) is 61.9 Å². The van der Waals surface area contributed by atoms with E-state index in [-0.39, 0.29) is 24.7 Å².